The molecule has 0 saturated carbocycles. The zero-order valence-corrected chi connectivity index (χ0v) is 12.9. The highest BCUT2D eigenvalue weighted by Crippen LogP contribution is 2.23. The molecule has 0 bridgehead atoms. The Kier molecular flexibility index (Phi) is 3.23. The SMILES string of the molecule is Cn1c(=O)n(S(=O)(=O)c2ccccc2C#N)c2cc(N)ccc21. The Morgan fingerprint density at radius 1 is 1.13 bits per heavy atom. The fourth-order valence-corrected chi connectivity index (χ4v) is 4.02. The second-order valence-electron chi connectivity index (χ2n) is 4.97. The highest BCUT2D eigenvalue weighted by atomic mass is 32.2. The van der Waals surface area contributed by atoms with Crippen LogP contribution in [-0.2, 0) is 17.1 Å². The molecule has 3 rings (SSSR count). The number of nitrogens with two attached hydrogens (primary N) is 1. The van der Waals surface area contributed by atoms with Gasteiger partial charge < -0.3 is 5.73 Å². The second kappa shape index (κ2) is 5.00. The van der Waals surface area contributed by atoms with Crippen LogP contribution in [0.5, 0.6) is 0 Å². The molecule has 7 nitrogen and oxygen atoms in total. The molecule has 0 fully saturated rings. The lowest BCUT2D eigenvalue weighted by Crippen LogP contribution is -2.28. The van der Waals surface area contributed by atoms with Crippen molar-refractivity contribution in [1.29, 1.82) is 5.26 Å². The van der Waals surface area contributed by atoms with Gasteiger partial charge in [0.1, 0.15) is 11.0 Å². The minimum absolute atomic E-state index is 0.0275. The summed E-state index contributed by atoms with van der Waals surface area (Å²) in [4.78, 5) is 12.2. The molecule has 0 saturated heterocycles. The highest BCUT2D eigenvalue weighted by molar-refractivity contribution is 7.90. The minimum atomic E-state index is -4.23. The molecule has 8 heteroatoms. The number of fused-ring (bicyclic) bond motifs is 1. The average Bonchev–Trinajstić information content (AvgIpc) is 2.78. The van der Waals surface area contributed by atoms with Gasteiger partial charge >= 0.3 is 5.69 Å². The lowest BCUT2D eigenvalue weighted by molar-refractivity contribution is 0.585. The van der Waals surface area contributed by atoms with E-state index in [9.17, 15) is 13.2 Å². The first-order valence-corrected chi connectivity index (χ1v) is 8.03. The summed E-state index contributed by atoms with van der Waals surface area (Å²) in [5.41, 5.74) is 5.91. The Morgan fingerprint density at radius 3 is 2.52 bits per heavy atom. The second-order valence-corrected chi connectivity index (χ2v) is 6.72. The van der Waals surface area contributed by atoms with Gasteiger partial charge in [0.05, 0.1) is 16.6 Å². The summed E-state index contributed by atoms with van der Waals surface area (Å²) < 4.78 is 27.8. The molecule has 0 aliphatic heterocycles. The summed E-state index contributed by atoms with van der Waals surface area (Å²) in [6.07, 6.45) is 0. The molecule has 0 amide bonds. The van der Waals surface area contributed by atoms with E-state index in [2.05, 4.69) is 0 Å². The fourth-order valence-electron chi connectivity index (χ4n) is 2.44. The van der Waals surface area contributed by atoms with E-state index in [0.29, 0.717) is 15.2 Å². The predicted molar refractivity (Wildman–Crippen MR) is 85.3 cm³/mol. The molecule has 0 unspecified atom stereocenters. The van der Waals surface area contributed by atoms with Crippen LogP contribution in [-0.4, -0.2) is 17.0 Å². The van der Waals surface area contributed by atoms with Gasteiger partial charge in [-0.3, -0.25) is 4.57 Å². The number of hydrogen-bond acceptors (Lipinski definition) is 5. The average molecular weight is 328 g/mol. The summed E-state index contributed by atoms with van der Waals surface area (Å²) in [7, 11) is -2.75. The molecule has 3 aromatic rings. The zero-order valence-electron chi connectivity index (χ0n) is 12.1. The highest BCUT2D eigenvalue weighted by Gasteiger charge is 2.26. The molecular formula is C15H12N4O3S. The first-order valence-electron chi connectivity index (χ1n) is 6.59. The third-order valence-electron chi connectivity index (χ3n) is 3.57. The maximum atomic E-state index is 12.9. The van der Waals surface area contributed by atoms with Gasteiger partial charge in [-0.25, -0.2) is 13.2 Å². The number of benzene rings is 2. The Morgan fingerprint density at radius 2 is 1.83 bits per heavy atom. The van der Waals surface area contributed by atoms with Crippen LogP contribution in [0.1, 0.15) is 5.56 Å². The first kappa shape index (κ1) is 14.9. The van der Waals surface area contributed by atoms with Crippen molar-refractivity contribution in [3.8, 4) is 6.07 Å². The maximum absolute atomic E-state index is 12.9. The van der Waals surface area contributed by atoms with E-state index >= 15 is 0 Å². The maximum Gasteiger partial charge on any atom is 0.343 e. The number of nitrogen functional groups attached to an aromatic ring is 1. The minimum Gasteiger partial charge on any atom is -0.399 e. The van der Waals surface area contributed by atoms with Crippen LogP contribution < -0.4 is 11.4 Å². The predicted octanol–water partition coefficient (Wildman–Crippen LogP) is 1.03. The third-order valence-corrected chi connectivity index (χ3v) is 5.31. The zero-order chi connectivity index (χ0) is 16.8. The van der Waals surface area contributed by atoms with E-state index in [0.717, 1.165) is 0 Å². The molecule has 0 radical (unpaired) electrons. The topological polar surface area (TPSA) is 111 Å². The monoisotopic (exact) mass is 328 g/mol. The molecule has 2 N–H and O–H groups in total. The van der Waals surface area contributed by atoms with Gasteiger partial charge in [0.15, 0.2) is 0 Å². The van der Waals surface area contributed by atoms with Gasteiger partial charge in [-0.1, -0.05) is 12.1 Å². The summed E-state index contributed by atoms with van der Waals surface area (Å²) in [6.45, 7) is 0. The van der Waals surface area contributed by atoms with Gasteiger partial charge in [-0.2, -0.15) is 9.23 Å². The number of nitriles is 1. The van der Waals surface area contributed by atoms with Crippen LogP contribution in [0, 0.1) is 11.3 Å². The summed E-state index contributed by atoms with van der Waals surface area (Å²) in [6, 6.07) is 12.2. The lowest BCUT2D eigenvalue weighted by Gasteiger charge is -2.07. The normalized spacial score (nSPS) is 11.5. The molecule has 0 aliphatic rings. The Labute approximate surface area is 131 Å². The van der Waals surface area contributed by atoms with E-state index in [1.54, 1.807) is 18.2 Å². The summed E-state index contributed by atoms with van der Waals surface area (Å²) in [5.74, 6) is 0. The van der Waals surface area contributed by atoms with Crippen molar-refractivity contribution >= 4 is 26.7 Å². The standard InChI is InChI=1S/C15H12N4O3S/c1-18-12-7-6-11(17)8-13(12)19(15(18)20)23(21,22)14-5-3-2-4-10(14)9-16/h2-8H,17H2,1H3. The molecule has 1 aromatic heterocycles. The van der Waals surface area contributed by atoms with E-state index < -0.39 is 15.7 Å². The van der Waals surface area contributed by atoms with Gasteiger partial charge in [0.2, 0.25) is 0 Å². The summed E-state index contributed by atoms with van der Waals surface area (Å²) >= 11 is 0. The van der Waals surface area contributed by atoms with E-state index in [4.69, 9.17) is 11.0 Å². The third kappa shape index (κ3) is 2.10. The Balaban J connectivity index is 2.46. The van der Waals surface area contributed by atoms with Gasteiger partial charge in [0, 0.05) is 12.7 Å². The van der Waals surface area contributed by atoms with E-state index in [1.165, 1.54) is 35.9 Å². The number of anilines is 1. The van der Waals surface area contributed by atoms with Crippen LogP contribution in [0.3, 0.4) is 0 Å². The van der Waals surface area contributed by atoms with Gasteiger partial charge in [0.25, 0.3) is 10.0 Å². The molecule has 1 heterocycles. The fraction of sp³-hybridized carbons (Fsp3) is 0.0667. The molecule has 116 valence electrons. The molecule has 2 aromatic carbocycles. The number of imidazole rings is 1. The van der Waals surface area contributed by atoms with E-state index in [1.807, 2.05) is 6.07 Å². The van der Waals surface area contributed by atoms with Crippen molar-refractivity contribution in [2.24, 2.45) is 7.05 Å². The molecular weight excluding hydrogens is 316 g/mol. The molecule has 23 heavy (non-hydrogen) atoms. The number of rotatable bonds is 2. The van der Waals surface area contributed by atoms with Gasteiger partial charge in [-0.15, -0.1) is 0 Å². The first-order chi connectivity index (χ1) is 10.9. The number of aryl methyl sites for hydroxylation is 1. The Hall–Kier alpha value is -3.05. The van der Waals surface area contributed by atoms with Crippen molar-refractivity contribution in [1.82, 2.24) is 8.54 Å². The molecule has 0 aliphatic carbocycles. The molecule has 0 spiro atoms. The van der Waals surface area contributed by atoms with Crippen molar-refractivity contribution in [2.45, 2.75) is 4.90 Å². The van der Waals surface area contributed by atoms with Crippen LogP contribution in [0.25, 0.3) is 11.0 Å². The van der Waals surface area contributed by atoms with Crippen LogP contribution >= 0.6 is 0 Å². The van der Waals surface area contributed by atoms with Crippen molar-refractivity contribution in [2.75, 3.05) is 5.73 Å². The number of hydrogen-bond donors (Lipinski definition) is 1. The number of nitrogens with zero attached hydrogens (tertiary/aromatic N) is 3. The summed E-state index contributed by atoms with van der Waals surface area (Å²) in [5, 5.41) is 9.13. The van der Waals surface area contributed by atoms with E-state index in [-0.39, 0.29) is 16.0 Å². The van der Waals surface area contributed by atoms with Crippen LogP contribution in [0.2, 0.25) is 0 Å². The van der Waals surface area contributed by atoms with Crippen LogP contribution in [0.4, 0.5) is 5.69 Å². The molecule has 0 atom stereocenters. The number of aromatic nitrogens is 2. The van der Waals surface area contributed by atoms with Crippen LogP contribution in [0.15, 0.2) is 52.2 Å². The van der Waals surface area contributed by atoms with Gasteiger partial charge in [-0.05, 0) is 30.3 Å². The van der Waals surface area contributed by atoms with Crippen molar-refractivity contribution < 1.29 is 8.42 Å². The smallest absolute Gasteiger partial charge is 0.343 e. The Bertz CT molecular complexity index is 1130. The van der Waals surface area contributed by atoms with Crippen molar-refractivity contribution in [3.63, 3.8) is 0 Å². The quantitative estimate of drug-likeness (QED) is 0.706. The lowest BCUT2D eigenvalue weighted by atomic mass is 10.2. The van der Waals surface area contributed by atoms with Crippen molar-refractivity contribution in [3.05, 3.63) is 58.5 Å². The largest absolute Gasteiger partial charge is 0.399 e.